The Morgan fingerprint density at radius 3 is 2.42 bits per heavy atom. The topological polar surface area (TPSA) is 58.6 Å². The lowest BCUT2D eigenvalue weighted by Crippen LogP contribution is -2.12. The molecular weight excluding hydrogens is 242 g/mol. The van der Waals surface area contributed by atoms with Gasteiger partial charge in [-0.2, -0.15) is 0 Å². The number of amides is 1. The highest BCUT2D eigenvalue weighted by atomic mass is 16.5. The molecule has 2 aromatic carbocycles. The molecule has 0 aliphatic carbocycles. The van der Waals surface area contributed by atoms with Crippen LogP contribution >= 0.6 is 0 Å². The zero-order chi connectivity index (χ0) is 13.8. The van der Waals surface area contributed by atoms with E-state index in [-0.39, 0.29) is 11.7 Å². The van der Waals surface area contributed by atoms with E-state index in [9.17, 15) is 9.90 Å². The number of methoxy groups -OCH3 is 1. The van der Waals surface area contributed by atoms with Crippen LogP contribution in [-0.2, 0) is 0 Å². The fraction of sp³-hybridized carbons (Fsp3) is 0.133. The Labute approximate surface area is 111 Å². The Morgan fingerprint density at radius 2 is 1.84 bits per heavy atom. The number of carbonyl (C=O) groups excluding carboxylic acids is 1. The SMILES string of the molecule is COc1ccc(NC(=O)c2ccc(O)cc2)c(C)c1. The van der Waals surface area contributed by atoms with Crippen molar-refractivity contribution in [2.24, 2.45) is 0 Å². The molecule has 2 N–H and O–H groups in total. The number of aromatic hydroxyl groups is 1. The molecule has 2 rings (SSSR count). The third-order valence-corrected chi connectivity index (χ3v) is 2.81. The maximum Gasteiger partial charge on any atom is 0.255 e. The summed E-state index contributed by atoms with van der Waals surface area (Å²) >= 11 is 0. The number of anilines is 1. The summed E-state index contributed by atoms with van der Waals surface area (Å²) in [6.45, 7) is 1.90. The van der Waals surface area contributed by atoms with Crippen LogP contribution in [0.2, 0.25) is 0 Å². The van der Waals surface area contributed by atoms with Gasteiger partial charge in [-0.3, -0.25) is 4.79 Å². The first-order valence-electron chi connectivity index (χ1n) is 5.85. The summed E-state index contributed by atoms with van der Waals surface area (Å²) in [4.78, 5) is 12.0. The zero-order valence-electron chi connectivity index (χ0n) is 10.8. The molecule has 1 amide bonds. The van der Waals surface area contributed by atoms with Crippen LogP contribution in [0.3, 0.4) is 0 Å². The van der Waals surface area contributed by atoms with Crippen molar-refractivity contribution in [2.75, 3.05) is 12.4 Å². The van der Waals surface area contributed by atoms with E-state index in [1.165, 1.54) is 12.1 Å². The zero-order valence-corrected chi connectivity index (χ0v) is 10.8. The molecule has 0 spiro atoms. The number of rotatable bonds is 3. The number of carbonyl (C=O) groups is 1. The second kappa shape index (κ2) is 5.44. The van der Waals surface area contributed by atoms with Crippen LogP contribution in [0.1, 0.15) is 15.9 Å². The van der Waals surface area contributed by atoms with Crippen LogP contribution in [0.5, 0.6) is 11.5 Å². The van der Waals surface area contributed by atoms with Crippen molar-refractivity contribution in [3.63, 3.8) is 0 Å². The van der Waals surface area contributed by atoms with E-state index in [0.29, 0.717) is 5.56 Å². The summed E-state index contributed by atoms with van der Waals surface area (Å²) in [5.74, 6) is 0.672. The van der Waals surface area contributed by atoms with Gasteiger partial charge in [0.05, 0.1) is 7.11 Å². The monoisotopic (exact) mass is 257 g/mol. The molecule has 0 aliphatic heterocycles. The number of ether oxygens (including phenoxy) is 1. The molecule has 0 atom stereocenters. The Hall–Kier alpha value is -2.49. The van der Waals surface area contributed by atoms with Crippen molar-refractivity contribution in [2.45, 2.75) is 6.92 Å². The van der Waals surface area contributed by atoms with Gasteiger partial charge in [0, 0.05) is 11.3 Å². The first-order chi connectivity index (χ1) is 9.10. The molecule has 4 nitrogen and oxygen atoms in total. The molecule has 4 heteroatoms. The number of benzene rings is 2. The van der Waals surface area contributed by atoms with Crippen molar-refractivity contribution in [3.8, 4) is 11.5 Å². The van der Waals surface area contributed by atoms with Crippen LogP contribution in [0.25, 0.3) is 0 Å². The molecule has 0 heterocycles. The summed E-state index contributed by atoms with van der Waals surface area (Å²) < 4.78 is 5.11. The molecule has 0 saturated carbocycles. The van der Waals surface area contributed by atoms with Gasteiger partial charge in [-0.05, 0) is 55.0 Å². The van der Waals surface area contributed by atoms with Crippen LogP contribution in [-0.4, -0.2) is 18.1 Å². The third-order valence-electron chi connectivity index (χ3n) is 2.81. The Bertz CT molecular complexity index is 591. The normalized spacial score (nSPS) is 10.0. The van der Waals surface area contributed by atoms with E-state index < -0.39 is 0 Å². The molecule has 0 bridgehead atoms. The van der Waals surface area contributed by atoms with Gasteiger partial charge >= 0.3 is 0 Å². The van der Waals surface area contributed by atoms with Gasteiger partial charge in [-0.15, -0.1) is 0 Å². The Morgan fingerprint density at radius 1 is 1.16 bits per heavy atom. The highest BCUT2D eigenvalue weighted by molar-refractivity contribution is 6.04. The molecule has 19 heavy (non-hydrogen) atoms. The first kappa shape index (κ1) is 13.0. The fourth-order valence-corrected chi connectivity index (χ4v) is 1.71. The number of hydrogen-bond donors (Lipinski definition) is 2. The summed E-state index contributed by atoms with van der Waals surface area (Å²) in [5, 5.41) is 12.0. The molecule has 0 saturated heterocycles. The second-order valence-electron chi connectivity index (χ2n) is 4.18. The fourth-order valence-electron chi connectivity index (χ4n) is 1.71. The van der Waals surface area contributed by atoms with E-state index >= 15 is 0 Å². The van der Waals surface area contributed by atoms with Gasteiger partial charge in [-0.1, -0.05) is 0 Å². The largest absolute Gasteiger partial charge is 0.508 e. The molecule has 0 unspecified atom stereocenters. The minimum Gasteiger partial charge on any atom is -0.508 e. The molecule has 98 valence electrons. The minimum absolute atomic E-state index is 0.136. The second-order valence-corrected chi connectivity index (χ2v) is 4.18. The van der Waals surface area contributed by atoms with Crippen LogP contribution in [0.15, 0.2) is 42.5 Å². The van der Waals surface area contributed by atoms with Gasteiger partial charge in [0.2, 0.25) is 0 Å². The number of nitrogens with one attached hydrogen (secondary N) is 1. The maximum atomic E-state index is 12.0. The molecule has 0 radical (unpaired) electrons. The molecule has 0 aliphatic rings. The van der Waals surface area contributed by atoms with Crippen LogP contribution < -0.4 is 10.1 Å². The van der Waals surface area contributed by atoms with Crippen LogP contribution in [0.4, 0.5) is 5.69 Å². The van der Waals surface area contributed by atoms with Crippen molar-refractivity contribution >= 4 is 11.6 Å². The third kappa shape index (κ3) is 3.04. The van der Waals surface area contributed by atoms with E-state index in [0.717, 1.165) is 17.0 Å². The van der Waals surface area contributed by atoms with E-state index in [2.05, 4.69) is 5.32 Å². The van der Waals surface area contributed by atoms with Gasteiger partial charge in [0.15, 0.2) is 0 Å². The highest BCUT2D eigenvalue weighted by Crippen LogP contribution is 2.21. The summed E-state index contributed by atoms with van der Waals surface area (Å²) in [6.07, 6.45) is 0. The summed E-state index contributed by atoms with van der Waals surface area (Å²) in [6, 6.07) is 11.6. The van der Waals surface area contributed by atoms with Gasteiger partial charge in [0.25, 0.3) is 5.91 Å². The van der Waals surface area contributed by atoms with Gasteiger partial charge in [-0.25, -0.2) is 0 Å². The number of phenolic OH excluding ortho intramolecular Hbond substituents is 1. The molecular formula is C15H15NO3. The van der Waals surface area contributed by atoms with Gasteiger partial charge in [0.1, 0.15) is 11.5 Å². The smallest absolute Gasteiger partial charge is 0.255 e. The molecule has 0 aromatic heterocycles. The lowest BCUT2D eigenvalue weighted by Gasteiger charge is -2.10. The van der Waals surface area contributed by atoms with Crippen molar-refractivity contribution in [3.05, 3.63) is 53.6 Å². The van der Waals surface area contributed by atoms with E-state index in [1.54, 1.807) is 31.4 Å². The Kier molecular flexibility index (Phi) is 3.71. The van der Waals surface area contributed by atoms with Gasteiger partial charge < -0.3 is 15.2 Å². The highest BCUT2D eigenvalue weighted by Gasteiger charge is 2.08. The lowest BCUT2D eigenvalue weighted by molar-refractivity contribution is 0.102. The van der Waals surface area contributed by atoms with Crippen molar-refractivity contribution in [1.29, 1.82) is 0 Å². The quantitative estimate of drug-likeness (QED) is 0.888. The first-order valence-corrected chi connectivity index (χ1v) is 5.85. The summed E-state index contributed by atoms with van der Waals surface area (Å²) in [7, 11) is 1.60. The number of aryl methyl sites for hydroxylation is 1. The van der Waals surface area contributed by atoms with Crippen LogP contribution in [0, 0.1) is 6.92 Å². The standard InChI is InChI=1S/C15H15NO3/c1-10-9-13(19-2)7-8-14(10)16-15(18)11-3-5-12(17)6-4-11/h3-9,17H,1-2H3,(H,16,18). The van der Waals surface area contributed by atoms with Crippen molar-refractivity contribution in [1.82, 2.24) is 0 Å². The van der Waals surface area contributed by atoms with E-state index in [1.807, 2.05) is 13.0 Å². The average Bonchev–Trinajstić information content (AvgIpc) is 2.41. The summed E-state index contributed by atoms with van der Waals surface area (Å²) in [5.41, 5.74) is 2.15. The lowest BCUT2D eigenvalue weighted by atomic mass is 10.1. The number of phenols is 1. The average molecular weight is 257 g/mol. The maximum absolute atomic E-state index is 12.0. The predicted molar refractivity (Wildman–Crippen MR) is 73.8 cm³/mol. The Balaban J connectivity index is 2.17. The molecule has 0 fully saturated rings. The minimum atomic E-state index is -0.215. The van der Waals surface area contributed by atoms with Crippen molar-refractivity contribution < 1.29 is 14.6 Å². The van der Waals surface area contributed by atoms with E-state index in [4.69, 9.17) is 4.74 Å². The number of hydrogen-bond acceptors (Lipinski definition) is 3. The predicted octanol–water partition coefficient (Wildman–Crippen LogP) is 2.96. The molecule has 2 aromatic rings.